The maximum Gasteiger partial charge on any atom is 0.0544 e. The minimum absolute atomic E-state index is 0.775. The minimum atomic E-state index is 0.775. The first-order valence-electron chi connectivity index (χ1n) is 8.75. The molecule has 0 aliphatic heterocycles. The first kappa shape index (κ1) is 13.7. The number of nitrogens with one attached hydrogen (secondary N) is 1. The van der Waals surface area contributed by atoms with E-state index in [1.807, 2.05) is 0 Å². The van der Waals surface area contributed by atoms with E-state index in [0.29, 0.717) is 0 Å². The third-order valence-electron chi connectivity index (χ3n) is 4.87. The van der Waals surface area contributed by atoms with Crippen LogP contribution in [0.1, 0.15) is 49.8 Å². The summed E-state index contributed by atoms with van der Waals surface area (Å²) >= 11 is 0. The van der Waals surface area contributed by atoms with Gasteiger partial charge in [-0.15, -0.1) is 0 Å². The fraction of sp³-hybridized carbons (Fsp3) is 0.722. The molecule has 0 radical (unpaired) electrons. The van der Waals surface area contributed by atoms with E-state index in [0.717, 1.165) is 31.0 Å². The Morgan fingerprint density at radius 3 is 2.24 bits per heavy atom. The maximum absolute atomic E-state index is 4.69. The van der Waals surface area contributed by atoms with Gasteiger partial charge in [-0.3, -0.25) is 9.88 Å². The molecule has 0 unspecified atom stereocenters. The number of nitrogens with zero attached hydrogens (tertiary/aromatic N) is 2. The van der Waals surface area contributed by atoms with Gasteiger partial charge in [0.2, 0.25) is 0 Å². The molecule has 3 heteroatoms. The molecule has 3 saturated carbocycles. The Bertz CT molecular complexity index is 444. The summed E-state index contributed by atoms with van der Waals surface area (Å²) < 4.78 is 0. The molecular formula is C18H27N3. The van der Waals surface area contributed by atoms with Crippen LogP contribution >= 0.6 is 0 Å². The summed E-state index contributed by atoms with van der Waals surface area (Å²) in [6, 6.07) is 5.26. The third kappa shape index (κ3) is 4.52. The van der Waals surface area contributed by atoms with Crippen LogP contribution in [0.3, 0.4) is 0 Å². The lowest BCUT2D eigenvalue weighted by atomic mass is 10.2. The van der Waals surface area contributed by atoms with Crippen molar-refractivity contribution in [1.82, 2.24) is 15.2 Å². The highest BCUT2D eigenvalue weighted by molar-refractivity contribution is 5.14. The largest absolute Gasteiger partial charge is 0.310 e. The zero-order chi connectivity index (χ0) is 14.1. The number of aromatic nitrogens is 1. The zero-order valence-corrected chi connectivity index (χ0v) is 12.9. The van der Waals surface area contributed by atoms with Crippen LogP contribution in [-0.4, -0.2) is 29.0 Å². The summed E-state index contributed by atoms with van der Waals surface area (Å²) in [6.45, 7) is 4.61. The highest BCUT2D eigenvalue weighted by Gasteiger charge is 2.29. The Kier molecular flexibility index (Phi) is 3.95. The van der Waals surface area contributed by atoms with Gasteiger partial charge in [0.25, 0.3) is 0 Å². The normalized spacial score (nSPS) is 22.0. The Morgan fingerprint density at radius 2 is 1.71 bits per heavy atom. The molecule has 1 N–H and O–H groups in total. The number of hydrogen-bond acceptors (Lipinski definition) is 3. The minimum Gasteiger partial charge on any atom is -0.310 e. The molecule has 0 saturated heterocycles. The first-order valence-corrected chi connectivity index (χ1v) is 8.75. The van der Waals surface area contributed by atoms with Gasteiger partial charge in [-0.1, -0.05) is 6.07 Å². The topological polar surface area (TPSA) is 28.2 Å². The highest BCUT2D eigenvalue weighted by atomic mass is 15.1. The van der Waals surface area contributed by atoms with Gasteiger partial charge in [0.1, 0.15) is 0 Å². The summed E-state index contributed by atoms with van der Waals surface area (Å²) in [5, 5.41) is 3.55. The van der Waals surface area contributed by atoms with Crippen LogP contribution in [0.25, 0.3) is 0 Å². The number of rotatable bonds is 9. The van der Waals surface area contributed by atoms with Crippen molar-refractivity contribution in [1.29, 1.82) is 0 Å². The average Bonchev–Trinajstić information content (AvgIpc) is 3.34. The molecule has 3 fully saturated rings. The van der Waals surface area contributed by atoms with Crippen molar-refractivity contribution in [2.24, 2.45) is 11.8 Å². The smallest absolute Gasteiger partial charge is 0.0544 e. The van der Waals surface area contributed by atoms with Crippen LogP contribution in [0, 0.1) is 11.8 Å². The first-order chi connectivity index (χ1) is 10.3. The second-order valence-electron chi connectivity index (χ2n) is 7.39. The lowest BCUT2D eigenvalue weighted by Gasteiger charge is -2.21. The van der Waals surface area contributed by atoms with Crippen molar-refractivity contribution in [2.75, 3.05) is 13.1 Å². The van der Waals surface area contributed by atoms with E-state index < -0.39 is 0 Å². The van der Waals surface area contributed by atoms with Crippen molar-refractivity contribution in [3.05, 3.63) is 29.6 Å². The molecule has 0 aromatic carbocycles. The maximum atomic E-state index is 4.69. The van der Waals surface area contributed by atoms with Gasteiger partial charge < -0.3 is 5.32 Å². The van der Waals surface area contributed by atoms with Crippen LogP contribution in [0.15, 0.2) is 18.3 Å². The second-order valence-corrected chi connectivity index (χ2v) is 7.39. The van der Waals surface area contributed by atoms with Gasteiger partial charge >= 0.3 is 0 Å². The summed E-state index contributed by atoms with van der Waals surface area (Å²) in [4.78, 5) is 7.34. The highest BCUT2D eigenvalue weighted by Crippen LogP contribution is 2.34. The summed E-state index contributed by atoms with van der Waals surface area (Å²) in [5.41, 5.74) is 2.56. The van der Waals surface area contributed by atoms with Gasteiger partial charge in [0, 0.05) is 38.4 Å². The Morgan fingerprint density at radius 1 is 1.00 bits per heavy atom. The molecule has 3 nitrogen and oxygen atoms in total. The van der Waals surface area contributed by atoms with Crippen LogP contribution in [-0.2, 0) is 13.1 Å². The van der Waals surface area contributed by atoms with E-state index in [9.17, 15) is 0 Å². The SMILES string of the molecule is c1cc(CN(CC2CC2)CC2CC2)ncc1CNC1CC1. The van der Waals surface area contributed by atoms with Gasteiger partial charge in [-0.2, -0.15) is 0 Å². The summed E-state index contributed by atoms with van der Waals surface area (Å²) in [6.07, 6.45) is 10.5. The van der Waals surface area contributed by atoms with Gasteiger partial charge in [-0.25, -0.2) is 0 Å². The van der Waals surface area contributed by atoms with Crippen molar-refractivity contribution >= 4 is 0 Å². The van der Waals surface area contributed by atoms with E-state index in [1.165, 1.54) is 62.9 Å². The molecule has 4 rings (SSSR count). The molecular weight excluding hydrogens is 258 g/mol. The van der Waals surface area contributed by atoms with Crippen molar-refractivity contribution in [3.63, 3.8) is 0 Å². The lowest BCUT2D eigenvalue weighted by molar-refractivity contribution is 0.241. The number of pyridine rings is 1. The predicted octanol–water partition coefficient (Wildman–Crippen LogP) is 2.96. The van der Waals surface area contributed by atoms with Gasteiger partial charge in [-0.05, 0) is 62.0 Å². The standard InChI is InChI=1S/C18H27N3/c1-2-14(1)11-21(12-15-3-4-15)13-18-6-5-16(10-20-18)9-19-17-7-8-17/h5-6,10,14-15,17,19H,1-4,7-9,11-13H2. The van der Waals surface area contributed by atoms with Gasteiger partial charge in [0.05, 0.1) is 5.69 Å². The van der Waals surface area contributed by atoms with Crippen molar-refractivity contribution in [2.45, 2.75) is 57.7 Å². The molecule has 1 aromatic heterocycles. The van der Waals surface area contributed by atoms with Crippen LogP contribution < -0.4 is 5.32 Å². The van der Waals surface area contributed by atoms with E-state index in [1.54, 1.807) is 0 Å². The second kappa shape index (κ2) is 6.05. The molecule has 3 aliphatic carbocycles. The monoisotopic (exact) mass is 285 g/mol. The molecule has 114 valence electrons. The Labute approximate surface area is 128 Å². The molecule has 1 aromatic rings. The molecule has 0 spiro atoms. The van der Waals surface area contributed by atoms with Crippen LogP contribution in [0.5, 0.6) is 0 Å². The average molecular weight is 285 g/mol. The predicted molar refractivity (Wildman–Crippen MR) is 84.8 cm³/mol. The van der Waals surface area contributed by atoms with Gasteiger partial charge in [0.15, 0.2) is 0 Å². The molecule has 3 aliphatic rings. The fourth-order valence-corrected chi connectivity index (χ4v) is 2.97. The third-order valence-corrected chi connectivity index (χ3v) is 4.87. The lowest BCUT2D eigenvalue weighted by Crippen LogP contribution is -2.28. The Hall–Kier alpha value is -0.930. The van der Waals surface area contributed by atoms with Crippen molar-refractivity contribution in [3.8, 4) is 0 Å². The van der Waals surface area contributed by atoms with Crippen molar-refractivity contribution < 1.29 is 0 Å². The summed E-state index contributed by atoms with van der Waals surface area (Å²) in [5.74, 6) is 1.96. The Balaban J connectivity index is 1.30. The van der Waals surface area contributed by atoms with E-state index >= 15 is 0 Å². The van der Waals surface area contributed by atoms with Crippen LogP contribution in [0.4, 0.5) is 0 Å². The molecule has 0 atom stereocenters. The molecule has 0 bridgehead atoms. The quantitative estimate of drug-likeness (QED) is 0.756. The van der Waals surface area contributed by atoms with E-state index in [2.05, 4.69) is 28.5 Å². The molecule has 1 heterocycles. The zero-order valence-electron chi connectivity index (χ0n) is 12.9. The van der Waals surface area contributed by atoms with Crippen LogP contribution in [0.2, 0.25) is 0 Å². The summed E-state index contributed by atoms with van der Waals surface area (Å²) in [7, 11) is 0. The van der Waals surface area contributed by atoms with E-state index in [4.69, 9.17) is 4.98 Å². The number of hydrogen-bond donors (Lipinski definition) is 1. The van der Waals surface area contributed by atoms with E-state index in [-0.39, 0.29) is 0 Å². The molecule has 0 amide bonds. The fourth-order valence-electron chi connectivity index (χ4n) is 2.97. The molecule has 21 heavy (non-hydrogen) atoms.